The highest BCUT2D eigenvalue weighted by Crippen LogP contribution is 2.26. The molecule has 0 unspecified atom stereocenters. The second-order valence-electron chi connectivity index (χ2n) is 6.17. The lowest BCUT2D eigenvalue weighted by molar-refractivity contribution is 0.101. The lowest BCUT2D eigenvalue weighted by Crippen LogP contribution is -2.39. The fourth-order valence-corrected chi connectivity index (χ4v) is 3.14. The zero-order chi connectivity index (χ0) is 16.9. The molecule has 2 aromatic rings. The van der Waals surface area contributed by atoms with E-state index in [0.717, 1.165) is 37.3 Å². The monoisotopic (exact) mass is 319 g/mol. The first-order valence-corrected chi connectivity index (χ1v) is 8.29. The summed E-state index contributed by atoms with van der Waals surface area (Å²) < 4.78 is 0. The van der Waals surface area contributed by atoms with Crippen LogP contribution < -0.4 is 10.2 Å². The lowest BCUT2D eigenvalue weighted by Gasteiger charge is -2.35. The second-order valence-corrected chi connectivity index (χ2v) is 6.17. The Morgan fingerprint density at radius 3 is 2.50 bits per heavy atom. The molecule has 4 heteroatoms. The standard InChI is InChI=1S/C20H21N3O/c1-15(24)16-7-8-17(14-21)20(13-16)23-11-9-19(10-12-23)22-18-5-3-2-4-6-18/h2-8,13,19,22H,9-12H2,1H3. The molecule has 3 rings (SSSR count). The van der Waals surface area contributed by atoms with Crippen LogP contribution in [-0.2, 0) is 0 Å². The topological polar surface area (TPSA) is 56.1 Å². The highest BCUT2D eigenvalue weighted by molar-refractivity contribution is 5.95. The van der Waals surface area contributed by atoms with Crippen molar-refractivity contribution in [1.29, 1.82) is 5.26 Å². The molecule has 1 saturated heterocycles. The number of carbonyl (C=O) groups excluding carboxylic acids is 1. The largest absolute Gasteiger partial charge is 0.382 e. The first kappa shape index (κ1) is 16.1. The molecule has 1 aliphatic rings. The van der Waals surface area contributed by atoms with Gasteiger partial charge >= 0.3 is 0 Å². The summed E-state index contributed by atoms with van der Waals surface area (Å²) >= 11 is 0. The molecule has 0 spiro atoms. The average molecular weight is 319 g/mol. The van der Waals surface area contributed by atoms with Gasteiger partial charge in [-0.1, -0.05) is 18.2 Å². The number of nitrogens with one attached hydrogen (secondary N) is 1. The third kappa shape index (κ3) is 3.57. The van der Waals surface area contributed by atoms with Gasteiger partial charge in [0.1, 0.15) is 6.07 Å². The van der Waals surface area contributed by atoms with Gasteiger partial charge in [0.05, 0.1) is 11.3 Å². The summed E-state index contributed by atoms with van der Waals surface area (Å²) in [7, 11) is 0. The maximum atomic E-state index is 11.6. The van der Waals surface area contributed by atoms with E-state index < -0.39 is 0 Å². The molecule has 2 aromatic carbocycles. The summed E-state index contributed by atoms with van der Waals surface area (Å²) in [6.45, 7) is 3.31. The summed E-state index contributed by atoms with van der Waals surface area (Å²) in [6, 6.07) is 18.2. The van der Waals surface area contributed by atoms with E-state index in [9.17, 15) is 10.1 Å². The Hall–Kier alpha value is -2.80. The molecule has 24 heavy (non-hydrogen) atoms. The van der Waals surface area contributed by atoms with Crippen LogP contribution in [0.1, 0.15) is 35.7 Å². The van der Waals surface area contributed by atoms with E-state index in [-0.39, 0.29) is 5.78 Å². The van der Waals surface area contributed by atoms with Gasteiger partial charge in [-0.3, -0.25) is 4.79 Å². The molecule has 0 aromatic heterocycles. The fraction of sp³-hybridized carbons (Fsp3) is 0.300. The number of piperidine rings is 1. The first-order valence-electron chi connectivity index (χ1n) is 8.29. The summed E-state index contributed by atoms with van der Waals surface area (Å²) in [6.07, 6.45) is 2.01. The zero-order valence-electron chi connectivity index (χ0n) is 13.8. The van der Waals surface area contributed by atoms with E-state index in [1.165, 1.54) is 0 Å². The van der Waals surface area contributed by atoms with Gasteiger partial charge in [0.2, 0.25) is 0 Å². The Kier molecular flexibility index (Phi) is 4.81. The maximum Gasteiger partial charge on any atom is 0.159 e. The van der Waals surface area contributed by atoms with Crippen LogP contribution in [0.15, 0.2) is 48.5 Å². The molecule has 0 aliphatic carbocycles. The molecular formula is C20H21N3O. The number of anilines is 2. The van der Waals surface area contributed by atoms with Crippen LogP contribution in [0.4, 0.5) is 11.4 Å². The minimum absolute atomic E-state index is 0.0290. The number of rotatable bonds is 4. The van der Waals surface area contributed by atoms with Gasteiger partial charge in [0, 0.05) is 30.4 Å². The van der Waals surface area contributed by atoms with Crippen LogP contribution in [0.2, 0.25) is 0 Å². The SMILES string of the molecule is CC(=O)c1ccc(C#N)c(N2CCC(Nc3ccccc3)CC2)c1. The number of Topliss-reactive ketones (excluding diaryl/α,β-unsaturated/α-hetero) is 1. The Bertz CT molecular complexity index is 756. The van der Waals surface area contributed by atoms with E-state index in [0.29, 0.717) is 17.2 Å². The van der Waals surface area contributed by atoms with Crippen LogP contribution in [0.25, 0.3) is 0 Å². The number of para-hydroxylation sites is 1. The van der Waals surface area contributed by atoms with Gasteiger partial charge in [-0.15, -0.1) is 0 Å². The van der Waals surface area contributed by atoms with Crippen molar-refractivity contribution >= 4 is 17.2 Å². The molecule has 0 saturated carbocycles. The molecule has 1 N–H and O–H groups in total. The van der Waals surface area contributed by atoms with Crippen LogP contribution in [0.3, 0.4) is 0 Å². The molecule has 0 bridgehead atoms. The predicted octanol–water partition coefficient (Wildman–Crippen LogP) is 3.84. The first-order chi connectivity index (χ1) is 11.7. The van der Waals surface area contributed by atoms with Crippen LogP contribution in [-0.4, -0.2) is 24.9 Å². The highest BCUT2D eigenvalue weighted by atomic mass is 16.1. The molecule has 0 amide bonds. The predicted molar refractivity (Wildman–Crippen MR) is 96.5 cm³/mol. The number of benzene rings is 2. The Balaban J connectivity index is 1.69. The smallest absolute Gasteiger partial charge is 0.159 e. The average Bonchev–Trinajstić information content (AvgIpc) is 2.62. The minimum atomic E-state index is 0.0290. The summed E-state index contributed by atoms with van der Waals surface area (Å²) in [5.41, 5.74) is 3.32. The van der Waals surface area contributed by atoms with E-state index in [4.69, 9.17) is 0 Å². The molecular weight excluding hydrogens is 298 g/mol. The molecule has 0 atom stereocenters. The zero-order valence-corrected chi connectivity index (χ0v) is 13.8. The van der Waals surface area contributed by atoms with Gasteiger partial charge in [-0.25, -0.2) is 0 Å². The van der Waals surface area contributed by atoms with Crippen molar-refractivity contribution in [3.05, 3.63) is 59.7 Å². The van der Waals surface area contributed by atoms with Crippen molar-refractivity contribution in [2.24, 2.45) is 0 Å². The summed E-state index contributed by atoms with van der Waals surface area (Å²) in [5.74, 6) is 0.0290. The van der Waals surface area contributed by atoms with Crippen molar-refractivity contribution in [3.8, 4) is 6.07 Å². The van der Waals surface area contributed by atoms with E-state index >= 15 is 0 Å². The van der Waals surface area contributed by atoms with E-state index in [1.54, 1.807) is 19.1 Å². The van der Waals surface area contributed by atoms with Crippen LogP contribution in [0.5, 0.6) is 0 Å². The Labute approximate surface area is 142 Å². The molecule has 1 fully saturated rings. The van der Waals surface area contributed by atoms with Crippen molar-refractivity contribution in [2.75, 3.05) is 23.3 Å². The lowest BCUT2D eigenvalue weighted by atomic mass is 10.0. The molecule has 4 nitrogen and oxygen atoms in total. The maximum absolute atomic E-state index is 11.6. The van der Waals surface area contributed by atoms with Crippen molar-refractivity contribution in [1.82, 2.24) is 0 Å². The van der Waals surface area contributed by atoms with Crippen molar-refractivity contribution in [2.45, 2.75) is 25.8 Å². The van der Waals surface area contributed by atoms with Crippen molar-refractivity contribution < 1.29 is 4.79 Å². The fourth-order valence-electron chi connectivity index (χ4n) is 3.14. The molecule has 122 valence electrons. The number of ketones is 1. The number of carbonyl (C=O) groups is 1. The molecule has 0 radical (unpaired) electrons. The third-order valence-corrected chi connectivity index (χ3v) is 4.50. The van der Waals surface area contributed by atoms with Gasteiger partial charge in [-0.05, 0) is 50.1 Å². The quantitative estimate of drug-likeness (QED) is 0.870. The van der Waals surface area contributed by atoms with E-state index in [1.807, 2.05) is 24.3 Å². The van der Waals surface area contributed by atoms with Crippen LogP contribution >= 0.6 is 0 Å². The van der Waals surface area contributed by atoms with Gasteiger partial charge in [0.25, 0.3) is 0 Å². The van der Waals surface area contributed by atoms with Crippen molar-refractivity contribution in [3.63, 3.8) is 0 Å². The number of hydrogen-bond donors (Lipinski definition) is 1. The Morgan fingerprint density at radius 1 is 1.17 bits per heavy atom. The number of nitriles is 1. The summed E-state index contributed by atoms with van der Waals surface area (Å²) in [4.78, 5) is 13.8. The van der Waals surface area contributed by atoms with Gasteiger partial charge in [0.15, 0.2) is 5.78 Å². The number of nitrogens with zero attached hydrogens (tertiary/aromatic N) is 2. The van der Waals surface area contributed by atoms with Crippen LogP contribution in [0, 0.1) is 11.3 Å². The minimum Gasteiger partial charge on any atom is -0.382 e. The molecule has 1 heterocycles. The summed E-state index contributed by atoms with van der Waals surface area (Å²) in [5, 5.41) is 12.9. The van der Waals surface area contributed by atoms with E-state index in [2.05, 4.69) is 28.4 Å². The van der Waals surface area contributed by atoms with Gasteiger partial charge in [-0.2, -0.15) is 5.26 Å². The third-order valence-electron chi connectivity index (χ3n) is 4.50. The second kappa shape index (κ2) is 7.18. The number of hydrogen-bond acceptors (Lipinski definition) is 4. The molecule has 1 aliphatic heterocycles. The van der Waals surface area contributed by atoms with Gasteiger partial charge < -0.3 is 10.2 Å². The highest BCUT2D eigenvalue weighted by Gasteiger charge is 2.21. The Morgan fingerprint density at radius 2 is 1.88 bits per heavy atom. The normalized spacial score (nSPS) is 14.9.